The van der Waals surface area contributed by atoms with Crippen LogP contribution in [0.5, 0.6) is 0 Å². The van der Waals surface area contributed by atoms with Gasteiger partial charge in [-0.25, -0.2) is 0 Å². The molecule has 22 heavy (non-hydrogen) atoms. The van der Waals surface area contributed by atoms with Gasteiger partial charge in [0.05, 0.1) is 5.56 Å². The molecule has 5 heteroatoms. The lowest BCUT2D eigenvalue weighted by Crippen LogP contribution is -2.38. The molecule has 1 aliphatic carbocycles. The third kappa shape index (κ3) is 2.32. The van der Waals surface area contributed by atoms with Crippen molar-refractivity contribution in [2.24, 2.45) is 0 Å². The number of benzene rings is 1. The normalized spacial score (nSPS) is 19.9. The van der Waals surface area contributed by atoms with Gasteiger partial charge in [0, 0.05) is 9.77 Å². The lowest BCUT2D eigenvalue weighted by atomic mass is 9.94. The van der Waals surface area contributed by atoms with Crippen molar-refractivity contribution < 1.29 is 4.79 Å². The molecule has 3 nitrogen and oxygen atoms in total. The molecule has 0 saturated heterocycles. The minimum atomic E-state index is -0.129. The summed E-state index contributed by atoms with van der Waals surface area (Å²) in [5.41, 5.74) is 3.28. The lowest BCUT2D eigenvalue weighted by molar-refractivity contribution is 0.0935. The molecule has 1 aliphatic heterocycles. The van der Waals surface area contributed by atoms with Gasteiger partial charge < -0.3 is 10.6 Å². The Kier molecular flexibility index (Phi) is 3.62. The molecular weight excluding hydrogens is 312 g/mol. The molecule has 1 aromatic carbocycles. The first-order valence-corrected chi connectivity index (χ1v) is 9.66. The van der Waals surface area contributed by atoms with Gasteiger partial charge in [-0.2, -0.15) is 0 Å². The van der Waals surface area contributed by atoms with Crippen LogP contribution in [-0.4, -0.2) is 12.2 Å². The van der Waals surface area contributed by atoms with E-state index in [0.29, 0.717) is 0 Å². The van der Waals surface area contributed by atoms with Crippen LogP contribution in [0.1, 0.15) is 45.4 Å². The van der Waals surface area contributed by atoms with E-state index >= 15 is 0 Å². The van der Waals surface area contributed by atoms with E-state index in [4.69, 9.17) is 0 Å². The predicted molar refractivity (Wildman–Crippen MR) is 93.0 cm³/mol. The van der Waals surface area contributed by atoms with E-state index in [9.17, 15) is 4.79 Å². The summed E-state index contributed by atoms with van der Waals surface area (Å²) < 4.78 is 0. The van der Waals surface area contributed by atoms with E-state index in [1.807, 2.05) is 0 Å². The summed E-state index contributed by atoms with van der Waals surface area (Å²) in [6.07, 6.45) is 6.55. The summed E-state index contributed by atoms with van der Waals surface area (Å²) in [4.78, 5) is 15.2. The molecule has 114 valence electrons. The second-order valence-corrected chi connectivity index (χ2v) is 7.72. The van der Waals surface area contributed by atoms with Crippen LogP contribution in [0.15, 0.2) is 29.2 Å². The SMILES string of the molecule is CSc1ccc(C2NC(=O)c3c(sc4c3CCCC4)N2)cc1. The van der Waals surface area contributed by atoms with Gasteiger partial charge in [0.2, 0.25) is 0 Å². The zero-order valence-electron chi connectivity index (χ0n) is 12.4. The van der Waals surface area contributed by atoms with Crippen LogP contribution in [0.25, 0.3) is 0 Å². The van der Waals surface area contributed by atoms with E-state index in [0.717, 1.165) is 29.0 Å². The summed E-state index contributed by atoms with van der Waals surface area (Å²) in [5.74, 6) is 0.0760. The van der Waals surface area contributed by atoms with E-state index in [1.165, 1.54) is 28.2 Å². The van der Waals surface area contributed by atoms with Gasteiger partial charge in [0.15, 0.2) is 0 Å². The van der Waals surface area contributed by atoms with Gasteiger partial charge in [-0.1, -0.05) is 12.1 Å². The molecular formula is C17H18N2OS2. The minimum absolute atomic E-state index is 0.0760. The van der Waals surface area contributed by atoms with Gasteiger partial charge >= 0.3 is 0 Å². The number of fused-ring (bicyclic) bond motifs is 3. The molecule has 1 amide bonds. The fourth-order valence-electron chi connectivity index (χ4n) is 3.24. The number of carbonyl (C=O) groups excluding carboxylic acids is 1. The Morgan fingerprint density at radius 1 is 1.14 bits per heavy atom. The Bertz CT molecular complexity index is 721. The van der Waals surface area contributed by atoms with Crippen molar-refractivity contribution in [2.45, 2.75) is 36.7 Å². The quantitative estimate of drug-likeness (QED) is 0.811. The first-order chi connectivity index (χ1) is 10.8. The standard InChI is InChI=1S/C17H18N2OS2/c1-21-11-8-6-10(7-9-11)15-18-16(20)14-12-4-2-3-5-13(12)22-17(14)19-15/h6-9,15,19H,2-5H2,1H3,(H,18,20). The van der Waals surface area contributed by atoms with Crippen LogP contribution in [0.3, 0.4) is 0 Å². The monoisotopic (exact) mass is 330 g/mol. The lowest BCUT2D eigenvalue weighted by Gasteiger charge is -2.27. The van der Waals surface area contributed by atoms with Crippen molar-refractivity contribution in [1.82, 2.24) is 5.32 Å². The number of thiophene rings is 1. The van der Waals surface area contributed by atoms with Crippen LogP contribution in [0.4, 0.5) is 5.00 Å². The molecule has 1 atom stereocenters. The highest BCUT2D eigenvalue weighted by atomic mass is 32.2. The molecule has 2 heterocycles. The van der Waals surface area contributed by atoms with Crippen molar-refractivity contribution in [3.8, 4) is 0 Å². The highest BCUT2D eigenvalue weighted by Gasteiger charge is 2.31. The number of aryl methyl sites for hydroxylation is 1. The average molecular weight is 330 g/mol. The van der Waals surface area contributed by atoms with Gasteiger partial charge in [-0.05, 0) is 55.2 Å². The maximum absolute atomic E-state index is 12.6. The van der Waals surface area contributed by atoms with E-state index in [2.05, 4.69) is 41.2 Å². The zero-order chi connectivity index (χ0) is 15.1. The summed E-state index contributed by atoms with van der Waals surface area (Å²) in [6.45, 7) is 0. The van der Waals surface area contributed by atoms with Gasteiger partial charge in [0.25, 0.3) is 5.91 Å². The van der Waals surface area contributed by atoms with Gasteiger partial charge in [0.1, 0.15) is 11.2 Å². The fraction of sp³-hybridized carbons (Fsp3) is 0.353. The molecule has 4 rings (SSSR count). The molecule has 0 saturated carbocycles. The van der Waals surface area contributed by atoms with Crippen LogP contribution < -0.4 is 10.6 Å². The number of hydrogen-bond acceptors (Lipinski definition) is 4. The molecule has 0 bridgehead atoms. The summed E-state index contributed by atoms with van der Waals surface area (Å²) in [6, 6.07) is 8.37. The van der Waals surface area contributed by atoms with Crippen molar-refractivity contribution in [3.63, 3.8) is 0 Å². The number of carbonyl (C=O) groups is 1. The summed E-state index contributed by atoms with van der Waals surface area (Å²) >= 11 is 3.50. The highest BCUT2D eigenvalue weighted by molar-refractivity contribution is 7.98. The first kappa shape index (κ1) is 14.2. The number of anilines is 1. The van der Waals surface area contributed by atoms with E-state index in [1.54, 1.807) is 23.1 Å². The molecule has 0 fully saturated rings. The Labute approximate surface area is 138 Å². The van der Waals surface area contributed by atoms with Gasteiger partial charge in [-0.15, -0.1) is 23.1 Å². The topological polar surface area (TPSA) is 41.1 Å². The highest BCUT2D eigenvalue weighted by Crippen LogP contribution is 2.41. The number of nitrogens with one attached hydrogen (secondary N) is 2. The van der Waals surface area contributed by atoms with Crippen LogP contribution in [0, 0.1) is 0 Å². The molecule has 2 aromatic rings. The van der Waals surface area contributed by atoms with Crippen molar-refractivity contribution in [3.05, 3.63) is 45.8 Å². The Hall–Kier alpha value is -1.46. The van der Waals surface area contributed by atoms with E-state index in [-0.39, 0.29) is 12.1 Å². The number of thioether (sulfide) groups is 1. The van der Waals surface area contributed by atoms with Crippen LogP contribution in [0.2, 0.25) is 0 Å². The molecule has 1 aromatic heterocycles. The fourth-order valence-corrected chi connectivity index (χ4v) is 4.96. The Morgan fingerprint density at radius 2 is 1.91 bits per heavy atom. The maximum atomic E-state index is 12.6. The summed E-state index contributed by atoms with van der Waals surface area (Å²) in [7, 11) is 0. The Balaban J connectivity index is 1.66. The number of amides is 1. The molecule has 2 aliphatic rings. The van der Waals surface area contributed by atoms with Crippen molar-refractivity contribution in [2.75, 3.05) is 11.6 Å². The summed E-state index contributed by atoms with van der Waals surface area (Å²) in [5, 5.41) is 7.68. The molecule has 0 spiro atoms. The van der Waals surface area contributed by atoms with Crippen molar-refractivity contribution in [1.29, 1.82) is 0 Å². The third-order valence-electron chi connectivity index (χ3n) is 4.40. The predicted octanol–water partition coefficient (Wildman–Crippen LogP) is 4.20. The molecule has 0 radical (unpaired) electrons. The smallest absolute Gasteiger partial charge is 0.256 e. The maximum Gasteiger partial charge on any atom is 0.256 e. The van der Waals surface area contributed by atoms with Crippen molar-refractivity contribution >= 4 is 34.0 Å². The average Bonchev–Trinajstić information content (AvgIpc) is 2.93. The number of rotatable bonds is 2. The van der Waals surface area contributed by atoms with Gasteiger partial charge in [-0.3, -0.25) is 4.79 Å². The van der Waals surface area contributed by atoms with Crippen LogP contribution >= 0.6 is 23.1 Å². The van der Waals surface area contributed by atoms with E-state index < -0.39 is 0 Å². The van der Waals surface area contributed by atoms with Crippen LogP contribution in [-0.2, 0) is 12.8 Å². The second-order valence-electron chi connectivity index (χ2n) is 5.74. The minimum Gasteiger partial charge on any atom is -0.353 e. The molecule has 1 unspecified atom stereocenters. The zero-order valence-corrected chi connectivity index (χ0v) is 14.1. The largest absolute Gasteiger partial charge is 0.353 e. The number of hydrogen-bond donors (Lipinski definition) is 2. The molecule has 2 N–H and O–H groups in total. The first-order valence-electron chi connectivity index (χ1n) is 7.62. The third-order valence-corrected chi connectivity index (χ3v) is 6.36. The Morgan fingerprint density at radius 3 is 2.68 bits per heavy atom. The second kappa shape index (κ2) is 5.63.